The number of rotatable bonds is 3. The first-order valence-electron chi connectivity index (χ1n) is 6.33. The molecule has 8 heteroatoms. The molecule has 1 unspecified atom stereocenters. The van der Waals surface area contributed by atoms with Crippen LogP contribution in [0.2, 0.25) is 0 Å². The third kappa shape index (κ3) is 2.40. The van der Waals surface area contributed by atoms with E-state index in [2.05, 4.69) is 15.4 Å². The van der Waals surface area contributed by atoms with Gasteiger partial charge >= 0.3 is 0 Å². The maximum absolute atomic E-state index is 12.9. The Bertz CT molecular complexity index is 838. The molecule has 21 heavy (non-hydrogen) atoms. The van der Waals surface area contributed by atoms with Gasteiger partial charge < -0.3 is 5.73 Å². The minimum Gasteiger partial charge on any atom is -0.322 e. The SMILES string of the molecule is Cn1ncc2c(=O)n(CC(N)c3ccc(F)cc3)nnc21. The molecule has 0 aliphatic rings. The summed E-state index contributed by atoms with van der Waals surface area (Å²) < 4.78 is 15.6. The monoisotopic (exact) mass is 288 g/mol. The molecule has 1 aromatic carbocycles. The van der Waals surface area contributed by atoms with Crippen LogP contribution in [0.25, 0.3) is 11.0 Å². The number of benzene rings is 1. The molecule has 2 heterocycles. The fourth-order valence-electron chi connectivity index (χ4n) is 2.10. The maximum Gasteiger partial charge on any atom is 0.280 e. The van der Waals surface area contributed by atoms with E-state index in [1.54, 1.807) is 19.2 Å². The Morgan fingerprint density at radius 3 is 2.76 bits per heavy atom. The standard InChI is InChI=1S/C13H13FN6O/c1-19-12-10(6-16-19)13(21)20(18-17-12)7-11(15)8-2-4-9(14)5-3-8/h2-6,11H,7,15H2,1H3. The largest absolute Gasteiger partial charge is 0.322 e. The van der Waals surface area contributed by atoms with Gasteiger partial charge in [-0.2, -0.15) is 5.10 Å². The predicted molar refractivity (Wildman–Crippen MR) is 73.9 cm³/mol. The summed E-state index contributed by atoms with van der Waals surface area (Å²) in [7, 11) is 1.69. The number of fused-ring (bicyclic) bond motifs is 1. The molecule has 0 aliphatic heterocycles. The van der Waals surface area contributed by atoms with Crippen LogP contribution in [0.15, 0.2) is 35.3 Å². The Kier molecular flexibility index (Phi) is 3.22. The number of hydrogen-bond acceptors (Lipinski definition) is 5. The normalized spacial score (nSPS) is 12.7. The second-order valence-electron chi connectivity index (χ2n) is 4.74. The Labute approximate surface area is 118 Å². The molecular formula is C13H13FN6O. The first kappa shape index (κ1) is 13.4. The van der Waals surface area contributed by atoms with Gasteiger partial charge in [-0.1, -0.05) is 17.3 Å². The van der Waals surface area contributed by atoms with E-state index in [0.717, 1.165) is 5.56 Å². The van der Waals surface area contributed by atoms with E-state index in [4.69, 9.17) is 5.73 Å². The molecule has 2 aromatic heterocycles. The summed E-state index contributed by atoms with van der Waals surface area (Å²) in [5.41, 5.74) is 6.87. The Morgan fingerprint density at radius 1 is 1.33 bits per heavy atom. The van der Waals surface area contributed by atoms with Gasteiger partial charge in [0.2, 0.25) is 0 Å². The van der Waals surface area contributed by atoms with Crippen molar-refractivity contribution in [1.29, 1.82) is 0 Å². The van der Waals surface area contributed by atoms with Crippen molar-refractivity contribution in [2.24, 2.45) is 12.8 Å². The number of halogens is 1. The summed E-state index contributed by atoms with van der Waals surface area (Å²) in [5, 5.41) is 12.2. The molecule has 3 aromatic rings. The van der Waals surface area contributed by atoms with Gasteiger partial charge in [-0.05, 0) is 17.7 Å². The van der Waals surface area contributed by atoms with Crippen molar-refractivity contribution in [1.82, 2.24) is 24.8 Å². The van der Waals surface area contributed by atoms with Crippen LogP contribution in [0.5, 0.6) is 0 Å². The van der Waals surface area contributed by atoms with E-state index in [0.29, 0.717) is 11.0 Å². The molecule has 0 amide bonds. The molecule has 0 radical (unpaired) electrons. The predicted octanol–water partition coefficient (Wildman–Crippen LogP) is 0.364. The zero-order valence-electron chi connectivity index (χ0n) is 11.3. The van der Waals surface area contributed by atoms with Crippen molar-refractivity contribution in [2.45, 2.75) is 12.6 Å². The van der Waals surface area contributed by atoms with Gasteiger partial charge in [0.1, 0.15) is 11.2 Å². The highest BCUT2D eigenvalue weighted by Crippen LogP contribution is 2.12. The molecule has 1 atom stereocenters. The maximum atomic E-state index is 12.9. The molecule has 3 rings (SSSR count). The molecule has 0 aliphatic carbocycles. The van der Waals surface area contributed by atoms with E-state index < -0.39 is 6.04 Å². The lowest BCUT2D eigenvalue weighted by molar-refractivity contribution is 0.484. The summed E-state index contributed by atoms with van der Waals surface area (Å²) >= 11 is 0. The molecule has 108 valence electrons. The topological polar surface area (TPSA) is 91.6 Å². The van der Waals surface area contributed by atoms with Crippen LogP contribution in [0.1, 0.15) is 11.6 Å². The van der Waals surface area contributed by atoms with Crippen LogP contribution in [-0.4, -0.2) is 24.8 Å². The molecule has 0 spiro atoms. The lowest BCUT2D eigenvalue weighted by Gasteiger charge is -2.12. The summed E-state index contributed by atoms with van der Waals surface area (Å²) in [4.78, 5) is 12.3. The molecule has 0 fully saturated rings. The highest BCUT2D eigenvalue weighted by atomic mass is 19.1. The second kappa shape index (κ2) is 5.06. The molecular weight excluding hydrogens is 275 g/mol. The third-order valence-corrected chi connectivity index (χ3v) is 3.29. The van der Waals surface area contributed by atoms with E-state index >= 15 is 0 Å². The smallest absolute Gasteiger partial charge is 0.280 e. The summed E-state index contributed by atoms with van der Waals surface area (Å²) in [6.07, 6.45) is 1.45. The summed E-state index contributed by atoms with van der Waals surface area (Å²) in [5.74, 6) is -0.334. The van der Waals surface area contributed by atoms with Crippen molar-refractivity contribution in [3.8, 4) is 0 Å². The van der Waals surface area contributed by atoms with Crippen LogP contribution in [0, 0.1) is 5.82 Å². The highest BCUT2D eigenvalue weighted by Gasteiger charge is 2.13. The van der Waals surface area contributed by atoms with Crippen LogP contribution < -0.4 is 11.3 Å². The molecule has 0 saturated carbocycles. The van der Waals surface area contributed by atoms with Gasteiger partial charge in [0, 0.05) is 13.1 Å². The average molecular weight is 288 g/mol. The van der Waals surface area contributed by atoms with E-state index in [9.17, 15) is 9.18 Å². The molecule has 0 bridgehead atoms. The number of nitrogens with two attached hydrogens (primary N) is 1. The first-order chi connectivity index (χ1) is 10.1. The first-order valence-corrected chi connectivity index (χ1v) is 6.33. The summed E-state index contributed by atoms with van der Waals surface area (Å²) in [6, 6.07) is 5.34. The van der Waals surface area contributed by atoms with Crippen molar-refractivity contribution in [3.63, 3.8) is 0 Å². The Hall–Kier alpha value is -2.61. The van der Waals surface area contributed by atoms with E-state index in [-0.39, 0.29) is 17.9 Å². The molecule has 7 nitrogen and oxygen atoms in total. The van der Waals surface area contributed by atoms with Gasteiger partial charge in [0.25, 0.3) is 5.56 Å². The number of aromatic nitrogens is 5. The fraction of sp³-hybridized carbons (Fsp3) is 0.231. The van der Waals surface area contributed by atoms with Gasteiger partial charge in [-0.15, -0.1) is 5.10 Å². The van der Waals surface area contributed by atoms with Crippen molar-refractivity contribution in [3.05, 3.63) is 52.2 Å². The average Bonchev–Trinajstić information content (AvgIpc) is 2.85. The van der Waals surface area contributed by atoms with E-state index in [1.807, 2.05) is 0 Å². The zero-order valence-corrected chi connectivity index (χ0v) is 11.3. The van der Waals surface area contributed by atoms with Gasteiger partial charge in [0.15, 0.2) is 5.65 Å². The Morgan fingerprint density at radius 2 is 2.05 bits per heavy atom. The van der Waals surface area contributed by atoms with Crippen molar-refractivity contribution >= 4 is 11.0 Å². The van der Waals surface area contributed by atoms with E-state index in [1.165, 1.54) is 27.7 Å². The quantitative estimate of drug-likeness (QED) is 0.751. The summed E-state index contributed by atoms with van der Waals surface area (Å²) in [6.45, 7) is 0.155. The van der Waals surface area contributed by atoms with Gasteiger partial charge in [-0.3, -0.25) is 4.79 Å². The van der Waals surface area contributed by atoms with Crippen LogP contribution in [-0.2, 0) is 13.6 Å². The number of aryl methyl sites for hydroxylation is 1. The van der Waals surface area contributed by atoms with Crippen LogP contribution in [0.4, 0.5) is 4.39 Å². The lowest BCUT2D eigenvalue weighted by Crippen LogP contribution is -2.29. The van der Waals surface area contributed by atoms with Crippen molar-refractivity contribution < 1.29 is 4.39 Å². The number of nitrogens with zero attached hydrogens (tertiary/aromatic N) is 5. The second-order valence-corrected chi connectivity index (χ2v) is 4.74. The Balaban J connectivity index is 1.92. The van der Waals surface area contributed by atoms with Crippen LogP contribution >= 0.6 is 0 Å². The fourth-order valence-corrected chi connectivity index (χ4v) is 2.10. The van der Waals surface area contributed by atoms with Gasteiger partial charge in [-0.25, -0.2) is 13.8 Å². The zero-order chi connectivity index (χ0) is 15.0. The van der Waals surface area contributed by atoms with Crippen LogP contribution in [0.3, 0.4) is 0 Å². The highest BCUT2D eigenvalue weighted by molar-refractivity contribution is 5.72. The molecule has 0 saturated heterocycles. The number of hydrogen-bond donors (Lipinski definition) is 1. The minimum absolute atomic E-state index is 0.155. The van der Waals surface area contributed by atoms with Crippen molar-refractivity contribution in [2.75, 3.05) is 0 Å². The molecule has 2 N–H and O–H groups in total. The van der Waals surface area contributed by atoms with Gasteiger partial charge in [0.05, 0.1) is 12.7 Å². The minimum atomic E-state index is -0.480. The third-order valence-electron chi connectivity index (χ3n) is 3.29. The lowest BCUT2D eigenvalue weighted by atomic mass is 10.1.